The van der Waals surface area contributed by atoms with Crippen LogP contribution in [0.25, 0.3) is 0 Å². The molecule has 0 bridgehead atoms. The predicted octanol–water partition coefficient (Wildman–Crippen LogP) is 2.10. The summed E-state index contributed by atoms with van der Waals surface area (Å²) in [5.41, 5.74) is 0.918. The first-order valence-corrected chi connectivity index (χ1v) is 3.62. The fourth-order valence-corrected chi connectivity index (χ4v) is 0.736. The maximum Gasteiger partial charge on any atom is 0.124 e. The molecule has 0 N–H and O–H groups in total. The highest BCUT2D eigenvalue weighted by atomic mass is 16.1. The third kappa shape index (κ3) is 2.62. The van der Waals surface area contributed by atoms with Crippen molar-refractivity contribution >= 4 is 6.29 Å². The van der Waals surface area contributed by atoms with Gasteiger partial charge in [0.05, 0.1) is 0 Å². The van der Waals surface area contributed by atoms with E-state index in [2.05, 4.69) is 12.7 Å². The SMILES string of the molecule is C=C(/C=C/C1CC1)CC=O. The molecule has 0 atom stereocenters. The molecule has 1 nitrogen and oxygen atoms in total. The van der Waals surface area contributed by atoms with Gasteiger partial charge in [-0.1, -0.05) is 18.7 Å². The Bertz CT molecular complexity index is 164. The normalized spacial score (nSPS) is 17.6. The van der Waals surface area contributed by atoms with E-state index < -0.39 is 0 Å². The average Bonchev–Trinajstić information content (AvgIpc) is 2.67. The lowest BCUT2D eigenvalue weighted by molar-refractivity contribution is -0.107. The summed E-state index contributed by atoms with van der Waals surface area (Å²) in [7, 11) is 0. The van der Waals surface area contributed by atoms with Crippen molar-refractivity contribution in [3.8, 4) is 0 Å². The molecule has 1 aliphatic rings. The Hall–Kier alpha value is -0.850. The molecule has 54 valence electrons. The third-order valence-corrected chi connectivity index (χ3v) is 1.57. The van der Waals surface area contributed by atoms with E-state index in [9.17, 15) is 4.79 Å². The van der Waals surface area contributed by atoms with Crippen LogP contribution >= 0.6 is 0 Å². The van der Waals surface area contributed by atoms with E-state index in [-0.39, 0.29) is 0 Å². The Balaban J connectivity index is 2.21. The molecule has 0 aliphatic heterocycles. The molecule has 1 fully saturated rings. The van der Waals surface area contributed by atoms with Crippen LogP contribution in [0.15, 0.2) is 24.3 Å². The maximum absolute atomic E-state index is 9.98. The van der Waals surface area contributed by atoms with E-state index in [1.54, 1.807) is 0 Å². The fraction of sp³-hybridized carbons (Fsp3) is 0.444. The van der Waals surface area contributed by atoms with Crippen LogP contribution in [0.3, 0.4) is 0 Å². The topological polar surface area (TPSA) is 17.1 Å². The van der Waals surface area contributed by atoms with Crippen molar-refractivity contribution in [1.82, 2.24) is 0 Å². The summed E-state index contributed by atoms with van der Waals surface area (Å²) in [6.45, 7) is 3.73. The van der Waals surface area contributed by atoms with Gasteiger partial charge < -0.3 is 4.79 Å². The molecule has 1 aliphatic carbocycles. The second-order valence-corrected chi connectivity index (χ2v) is 2.73. The number of carbonyl (C=O) groups excluding carboxylic acids is 1. The van der Waals surface area contributed by atoms with E-state index in [4.69, 9.17) is 0 Å². The van der Waals surface area contributed by atoms with Crippen LogP contribution < -0.4 is 0 Å². The summed E-state index contributed by atoms with van der Waals surface area (Å²) < 4.78 is 0. The molecule has 0 unspecified atom stereocenters. The van der Waals surface area contributed by atoms with Crippen LogP contribution in [-0.2, 0) is 4.79 Å². The second-order valence-electron chi connectivity index (χ2n) is 2.73. The van der Waals surface area contributed by atoms with E-state index in [1.165, 1.54) is 12.8 Å². The number of rotatable bonds is 4. The van der Waals surface area contributed by atoms with Gasteiger partial charge in [0, 0.05) is 6.42 Å². The van der Waals surface area contributed by atoms with Crippen molar-refractivity contribution in [2.75, 3.05) is 0 Å². The first kappa shape index (κ1) is 7.26. The van der Waals surface area contributed by atoms with Crippen molar-refractivity contribution in [3.05, 3.63) is 24.3 Å². The van der Waals surface area contributed by atoms with Crippen LogP contribution in [-0.4, -0.2) is 6.29 Å². The van der Waals surface area contributed by atoms with Crippen LogP contribution in [0, 0.1) is 5.92 Å². The standard InChI is InChI=1S/C9H12O/c1-8(6-7-10)2-3-9-4-5-9/h2-3,7,9H,1,4-6H2/b3-2+. The monoisotopic (exact) mass is 136 g/mol. The summed E-state index contributed by atoms with van der Waals surface area (Å²) in [5.74, 6) is 0.781. The van der Waals surface area contributed by atoms with Crippen molar-refractivity contribution in [3.63, 3.8) is 0 Å². The van der Waals surface area contributed by atoms with Crippen LogP contribution in [0.5, 0.6) is 0 Å². The molecule has 0 spiro atoms. The predicted molar refractivity (Wildman–Crippen MR) is 41.7 cm³/mol. The second kappa shape index (κ2) is 3.35. The molecule has 0 aromatic rings. The van der Waals surface area contributed by atoms with E-state index in [0.29, 0.717) is 6.42 Å². The number of hydrogen-bond donors (Lipinski definition) is 0. The number of allylic oxidation sites excluding steroid dienone is 3. The van der Waals surface area contributed by atoms with Crippen LogP contribution in [0.4, 0.5) is 0 Å². The fourth-order valence-electron chi connectivity index (χ4n) is 0.736. The van der Waals surface area contributed by atoms with Gasteiger partial charge >= 0.3 is 0 Å². The zero-order valence-corrected chi connectivity index (χ0v) is 6.05. The lowest BCUT2D eigenvalue weighted by Crippen LogP contribution is -1.76. The summed E-state index contributed by atoms with van der Waals surface area (Å²) in [4.78, 5) is 9.98. The largest absolute Gasteiger partial charge is 0.303 e. The first-order chi connectivity index (χ1) is 4.83. The third-order valence-electron chi connectivity index (χ3n) is 1.57. The molecule has 0 amide bonds. The summed E-state index contributed by atoms with van der Waals surface area (Å²) in [6, 6.07) is 0. The minimum atomic E-state index is 0.475. The zero-order chi connectivity index (χ0) is 7.40. The van der Waals surface area contributed by atoms with Gasteiger partial charge in [0.15, 0.2) is 0 Å². The van der Waals surface area contributed by atoms with Gasteiger partial charge in [0.25, 0.3) is 0 Å². The Kier molecular flexibility index (Phi) is 2.43. The molecule has 10 heavy (non-hydrogen) atoms. The molecule has 0 heterocycles. The molecule has 0 aromatic heterocycles. The molecular weight excluding hydrogens is 124 g/mol. The molecule has 1 saturated carbocycles. The lowest BCUT2D eigenvalue weighted by Gasteiger charge is -1.88. The van der Waals surface area contributed by atoms with Crippen LogP contribution in [0.2, 0.25) is 0 Å². The highest BCUT2D eigenvalue weighted by Gasteiger charge is 2.16. The quantitative estimate of drug-likeness (QED) is 0.427. The van der Waals surface area contributed by atoms with E-state index >= 15 is 0 Å². The van der Waals surface area contributed by atoms with Crippen LogP contribution in [0.1, 0.15) is 19.3 Å². The van der Waals surface area contributed by atoms with Gasteiger partial charge in [0.2, 0.25) is 0 Å². The first-order valence-electron chi connectivity index (χ1n) is 3.62. The lowest BCUT2D eigenvalue weighted by atomic mass is 10.2. The number of carbonyl (C=O) groups is 1. The molecule has 0 saturated heterocycles. The molecular formula is C9H12O. The average molecular weight is 136 g/mol. The van der Waals surface area contributed by atoms with Gasteiger partial charge in [-0.2, -0.15) is 0 Å². The molecule has 1 heteroatoms. The number of aldehydes is 1. The van der Waals surface area contributed by atoms with Gasteiger partial charge in [-0.25, -0.2) is 0 Å². The van der Waals surface area contributed by atoms with Crippen molar-refractivity contribution < 1.29 is 4.79 Å². The van der Waals surface area contributed by atoms with E-state index in [1.807, 2.05) is 6.08 Å². The molecule has 1 rings (SSSR count). The zero-order valence-electron chi connectivity index (χ0n) is 6.05. The van der Waals surface area contributed by atoms with Gasteiger partial charge in [-0.05, 0) is 24.3 Å². The highest BCUT2D eigenvalue weighted by molar-refractivity contribution is 5.55. The van der Waals surface area contributed by atoms with Crippen molar-refractivity contribution in [1.29, 1.82) is 0 Å². The van der Waals surface area contributed by atoms with Crippen molar-refractivity contribution in [2.45, 2.75) is 19.3 Å². The Morgan fingerprint density at radius 3 is 2.80 bits per heavy atom. The molecule has 0 aromatic carbocycles. The minimum absolute atomic E-state index is 0.475. The van der Waals surface area contributed by atoms with Crippen molar-refractivity contribution in [2.24, 2.45) is 5.92 Å². The van der Waals surface area contributed by atoms with E-state index in [0.717, 1.165) is 17.8 Å². The van der Waals surface area contributed by atoms with Gasteiger partial charge in [0.1, 0.15) is 6.29 Å². The summed E-state index contributed by atoms with van der Waals surface area (Å²) in [6.07, 6.45) is 8.09. The van der Waals surface area contributed by atoms with Gasteiger partial charge in [-0.15, -0.1) is 0 Å². The van der Waals surface area contributed by atoms with Gasteiger partial charge in [-0.3, -0.25) is 0 Å². The summed E-state index contributed by atoms with van der Waals surface area (Å²) in [5, 5.41) is 0. The Labute approximate surface area is 61.4 Å². The number of hydrogen-bond acceptors (Lipinski definition) is 1. The highest BCUT2D eigenvalue weighted by Crippen LogP contribution is 2.30. The summed E-state index contributed by atoms with van der Waals surface area (Å²) >= 11 is 0. The molecule has 0 radical (unpaired) electrons. The Morgan fingerprint density at radius 2 is 2.30 bits per heavy atom. The minimum Gasteiger partial charge on any atom is -0.303 e. The smallest absolute Gasteiger partial charge is 0.124 e. The maximum atomic E-state index is 9.98. The Morgan fingerprint density at radius 1 is 1.60 bits per heavy atom.